The highest BCUT2D eigenvalue weighted by molar-refractivity contribution is 7.07. The van der Waals surface area contributed by atoms with Gasteiger partial charge in [0.1, 0.15) is 12.4 Å². The van der Waals surface area contributed by atoms with Crippen molar-refractivity contribution in [3.63, 3.8) is 0 Å². The van der Waals surface area contributed by atoms with Gasteiger partial charge in [-0.15, -0.1) is 23.7 Å². The predicted octanol–water partition coefficient (Wildman–Crippen LogP) is 3.34. The lowest BCUT2D eigenvalue weighted by Gasteiger charge is -2.05. The van der Waals surface area contributed by atoms with Crippen molar-refractivity contribution in [3.05, 3.63) is 46.7 Å². The van der Waals surface area contributed by atoms with E-state index in [1.54, 1.807) is 16.8 Å². The summed E-state index contributed by atoms with van der Waals surface area (Å²) < 4.78 is 11.1. The van der Waals surface area contributed by atoms with Crippen molar-refractivity contribution >= 4 is 23.7 Å². The van der Waals surface area contributed by atoms with Crippen LogP contribution in [0.4, 0.5) is 0 Å². The Labute approximate surface area is 150 Å². The van der Waals surface area contributed by atoms with E-state index in [1.165, 1.54) is 0 Å². The first kappa shape index (κ1) is 18.4. The maximum absolute atomic E-state index is 5.75. The van der Waals surface area contributed by atoms with Crippen molar-refractivity contribution in [2.75, 3.05) is 7.05 Å². The topological polar surface area (TPSA) is 73.1 Å². The molecule has 1 aromatic carbocycles. The second-order valence-electron chi connectivity index (χ2n) is 5.21. The molecule has 3 rings (SSSR count). The SMILES string of the molecule is CNC(C)Cc1noc(-c2cccc(OCc3cscn3)c2)n1.Cl. The molecule has 128 valence electrons. The van der Waals surface area contributed by atoms with Crippen LogP contribution in [0.3, 0.4) is 0 Å². The number of ether oxygens (including phenoxy) is 1. The lowest BCUT2D eigenvalue weighted by Crippen LogP contribution is -2.24. The van der Waals surface area contributed by atoms with Crippen LogP contribution in [-0.4, -0.2) is 28.2 Å². The smallest absolute Gasteiger partial charge is 0.258 e. The third-order valence-electron chi connectivity index (χ3n) is 3.40. The molecule has 0 radical (unpaired) electrons. The third kappa shape index (κ3) is 4.77. The molecular formula is C16H19ClN4O2S. The van der Waals surface area contributed by atoms with E-state index in [1.807, 2.05) is 36.7 Å². The quantitative estimate of drug-likeness (QED) is 0.691. The molecule has 1 N–H and O–H groups in total. The summed E-state index contributed by atoms with van der Waals surface area (Å²) in [4.78, 5) is 8.63. The maximum atomic E-state index is 5.75. The standard InChI is InChI=1S/C16H18N4O2S.ClH/c1-11(17-2)6-15-19-16(22-20-15)12-4-3-5-14(7-12)21-8-13-9-23-10-18-13;/h3-5,7,9-11,17H,6,8H2,1-2H3;1H. The fraction of sp³-hybridized carbons (Fsp3) is 0.312. The number of thiazole rings is 1. The molecule has 2 heterocycles. The molecule has 3 aromatic rings. The summed E-state index contributed by atoms with van der Waals surface area (Å²) in [7, 11) is 1.91. The molecule has 0 aliphatic rings. The van der Waals surface area contributed by atoms with Crippen molar-refractivity contribution in [2.24, 2.45) is 0 Å². The van der Waals surface area contributed by atoms with Crippen LogP contribution in [0.2, 0.25) is 0 Å². The molecule has 0 saturated carbocycles. The van der Waals surface area contributed by atoms with E-state index >= 15 is 0 Å². The zero-order valence-electron chi connectivity index (χ0n) is 13.4. The van der Waals surface area contributed by atoms with E-state index in [2.05, 4.69) is 27.4 Å². The molecule has 0 aliphatic heterocycles. The summed E-state index contributed by atoms with van der Waals surface area (Å²) >= 11 is 1.55. The number of hydrogen-bond acceptors (Lipinski definition) is 7. The number of halogens is 1. The second kappa shape index (κ2) is 8.77. The van der Waals surface area contributed by atoms with Crippen LogP contribution in [0.25, 0.3) is 11.5 Å². The van der Waals surface area contributed by atoms with Gasteiger partial charge in [0.2, 0.25) is 0 Å². The fourth-order valence-corrected chi connectivity index (χ4v) is 2.56. The van der Waals surface area contributed by atoms with Gasteiger partial charge in [-0.25, -0.2) is 4.98 Å². The molecule has 8 heteroatoms. The first-order valence-electron chi connectivity index (χ1n) is 7.34. The number of hydrogen-bond donors (Lipinski definition) is 1. The van der Waals surface area contributed by atoms with Gasteiger partial charge in [0.05, 0.1) is 11.2 Å². The monoisotopic (exact) mass is 366 g/mol. The number of nitrogens with zero attached hydrogens (tertiary/aromatic N) is 3. The Kier molecular flexibility index (Phi) is 6.72. The maximum Gasteiger partial charge on any atom is 0.258 e. The number of rotatable bonds is 7. The molecule has 0 aliphatic carbocycles. The Morgan fingerprint density at radius 2 is 2.25 bits per heavy atom. The van der Waals surface area contributed by atoms with Crippen LogP contribution >= 0.6 is 23.7 Å². The van der Waals surface area contributed by atoms with Crippen molar-refractivity contribution in [1.82, 2.24) is 20.4 Å². The molecule has 0 bridgehead atoms. The van der Waals surface area contributed by atoms with Crippen molar-refractivity contribution in [2.45, 2.75) is 26.0 Å². The zero-order valence-corrected chi connectivity index (χ0v) is 15.1. The fourth-order valence-electron chi connectivity index (χ4n) is 2.02. The summed E-state index contributed by atoms with van der Waals surface area (Å²) in [5.41, 5.74) is 3.56. The number of benzene rings is 1. The van der Waals surface area contributed by atoms with Gasteiger partial charge in [0, 0.05) is 23.4 Å². The highest BCUT2D eigenvalue weighted by Crippen LogP contribution is 2.23. The van der Waals surface area contributed by atoms with E-state index in [0.29, 0.717) is 24.4 Å². The Morgan fingerprint density at radius 3 is 3.00 bits per heavy atom. The van der Waals surface area contributed by atoms with Gasteiger partial charge < -0.3 is 14.6 Å². The van der Waals surface area contributed by atoms with E-state index in [4.69, 9.17) is 9.26 Å². The Bertz CT molecular complexity index is 748. The van der Waals surface area contributed by atoms with Gasteiger partial charge in [0.15, 0.2) is 5.82 Å². The molecule has 0 amide bonds. The van der Waals surface area contributed by atoms with Gasteiger partial charge in [-0.1, -0.05) is 11.2 Å². The molecule has 0 saturated heterocycles. The van der Waals surface area contributed by atoms with Crippen LogP contribution in [-0.2, 0) is 13.0 Å². The van der Waals surface area contributed by atoms with Crippen LogP contribution in [0.5, 0.6) is 5.75 Å². The van der Waals surface area contributed by atoms with Crippen LogP contribution in [0.1, 0.15) is 18.4 Å². The molecule has 2 aromatic heterocycles. The van der Waals surface area contributed by atoms with Crippen LogP contribution < -0.4 is 10.1 Å². The summed E-state index contributed by atoms with van der Waals surface area (Å²) in [6.45, 7) is 2.52. The predicted molar refractivity (Wildman–Crippen MR) is 95.7 cm³/mol. The summed E-state index contributed by atoms with van der Waals surface area (Å²) in [6, 6.07) is 7.93. The average molecular weight is 367 g/mol. The minimum Gasteiger partial charge on any atom is -0.487 e. The minimum absolute atomic E-state index is 0. The highest BCUT2D eigenvalue weighted by Gasteiger charge is 2.12. The third-order valence-corrected chi connectivity index (χ3v) is 4.04. The average Bonchev–Trinajstić information content (AvgIpc) is 3.25. The second-order valence-corrected chi connectivity index (χ2v) is 5.92. The van der Waals surface area contributed by atoms with Gasteiger partial charge in [0.25, 0.3) is 5.89 Å². The van der Waals surface area contributed by atoms with Crippen LogP contribution in [0, 0.1) is 0 Å². The summed E-state index contributed by atoms with van der Waals surface area (Å²) in [5, 5.41) is 9.15. The Hall–Kier alpha value is -1.96. The minimum atomic E-state index is 0. The lowest BCUT2D eigenvalue weighted by molar-refractivity contribution is 0.302. The molecule has 24 heavy (non-hydrogen) atoms. The van der Waals surface area contributed by atoms with Gasteiger partial charge >= 0.3 is 0 Å². The van der Waals surface area contributed by atoms with Gasteiger partial charge in [-0.2, -0.15) is 4.98 Å². The van der Waals surface area contributed by atoms with Crippen molar-refractivity contribution < 1.29 is 9.26 Å². The van der Waals surface area contributed by atoms with Gasteiger partial charge in [-0.3, -0.25) is 0 Å². The van der Waals surface area contributed by atoms with E-state index < -0.39 is 0 Å². The largest absolute Gasteiger partial charge is 0.487 e. The van der Waals surface area contributed by atoms with Crippen molar-refractivity contribution in [1.29, 1.82) is 0 Å². The molecule has 0 fully saturated rings. The number of likely N-dealkylation sites (N-methyl/N-ethyl adjacent to an activating group) is 1. The lowest BCUT2D eigenvalue weighted by atomic mass is 10.2. The summed E-state index contributed by atoms with van der Waals surface area (Å²) in [5.74, 6) is 1.94. The molecule has 0 spiro atoms. The first-order valence-corrected chi connectivity index (χ1v) is 8.29. The normalized spacial score (nSPS) is 11.8. The summed E-state index contributed by atoms with van der Waals surface area (Å²) in [6.07, 6.45) is 0.722. The molecule has 1 atom stereocenters. The first-order chi connectivity index (χ1) is 11.2. The Morgan fingerprint density at radius 1 is 1.38 bits per heavy atom. The van der Waals surface area contributed by atoms with E-state index in [0.717, 1.165) is 23.4 Å². The van der Waals surface area contributed by atoms with E-state index in [-0.39, 0.29) is 12.4 Å². The molecular weight excluding hydrogens is 348 g/mol. The molecule has 1 unspecified atom stereocenters. The van der Waals surface area contributed by atoms with Crippen LogP contribution in [0.15, 0.2) is 39.7 Å². The number of nitrogens with one attached hydrogen (secondary N) is 1. The van der Waals surface area contributed by atoms with E-state index in [9.17, 15) is 0 Å². The molecule has 6 nitrogen and oxygen atoms in total. The highest BCUT2D eigenvalue weighted by atomic mass is 35.5. The van der Waals surface area contributed by atoms with Gasteiger partial charge in [-0.05, 0) is 32.2 Å². The van der Waals surface area contributed by atoms with Crippen molar-refractivity contribution in [3.8, 4) is 17.2 Å². The Balaban J connectivity index is 0.00000208. The number of aromatic nitrogens is 3. The zero-order chi connectivity index (χ0) is 16.1.